The fraction of sp³-hybridized carbons (Fsp3) is 0.0588. The molecule has 6 nitrogen and oxygen atoms in total. The van der Waals surface area contributed by atoms with Gasteiger partial charge in [0.15, 0.2) is 0 Å². The first-order valence-electron chi connectivity index (χ1n) is 6.94. The van der Waals surface area contributed by atoms with Crippen molar-refractivity contribution in [3.63, 3.8) is 0 Å². The van der Waals surface area contributed by atoms with Crippen molar-refractivity contribution < 1.29 is 9.53 Å². The Kier molecular flexibility index (Phi) is 4.24. The molecule has 6 heteroatoms. The maximum atomic E-state index is 12.3. The number of carbonyl (C=O) groups excluding carboxylic acids is 1. The van der Waals surface area contributed by atoms with E-state index in [1.54, 1.807) is 56.0 Å². The molecule has 114 valence electrons. The van der Waals surface area contributed by atoms with E-state index in [1.807, 2.05) is 6.07 Å². The van der Waals surface area contributed by atoms with Gasteiger partial charge in [-0.05, 0) is 36.4 Å². The standard InChI is InChI=1S/C17H14N4O2/c1-23-14-6-4-13(5-7-14)20-17(22)16-11-19-10-15(21-16)12-3-2-8-18-9-12/h2-11H,1H3,(H,20,22). The zero-order chi connectivity index (χ0) is 16.1. The second kappa shape index (κ2) is 6.65. The summed E-state index contributed by atoms with van der Waals surface area (Å²) in [5, 5.41) is 2.78. The number of amides is 1. The molecule has 0 aliphatic carbocycles. The summed E-state index contributed by atoms with van der Waals surface area (Å²) in [6.45, 7) is 0. The Bertz CT molecular complexity index is 804. The van der Waals surface area contributed by atoms with Gasteiger partial charge in [0.1, 0.15) is 11.4 Å². The van der Waals surface area contributed by atoms with Gasteiger partial charge in [-0.15, -0.1) is 0 Å². The lowest BCUT2D eigenvalue weighted by Gasteiger charge is -2.07. The second-order valence-corrected chi connectivity index (χ2v) is 4.71. The van der Waals surface area contributed by atoms with Gasteiger partial charge >= 0.3 is 0 Å². The van der Waals surface area contributed by atoms with E-state index >= 15 is 0 Å². The van der Waals surface area contributed by atoms with Crippen LogP contribution in [0.15, 0.2) is 61.2 Å². The van der Waals surface area contributed by atoms with Crippen LogP contribution in [0.1, 0.15) is 10.5 Å². The minimum Gasteiger partial charge on any atom is -0.497 e. The number of ether oxygens (including phenoxy) is 1. The normalized spacial score (nSPS) is 10.1. The number of aromatic nitrogens is 3. The van der Waals surface area contributed by atoms with Crippen LogP contribution in [0.2, 0.25) is 0 Å². The maximum absolute atomic E-state index is 12.3. The number of carbonyl (C=O) groups is 1. The largest absolute Gasteiger partial charge is 0.497 e. The molecule has 0 radical (unpaired) electrons. The van der Waals surface area contributed by atoms with Crippen LogP contribution in [-0.4, -0.2) is 28.0 Å². The van der Waals surface area contributed by atoms with Crippen LogP contribution in [0.25, 0.3) is 11.3 Å². The highest BCUT2D eigenvalue weighted by Crippen LogP contribution is 2.17. The third-order valence-corrected chi connectivity index (χ3v) is 3.17. The SMILES string of the molecule is COc1ccc(NC(=O)c2cncc(-c3cccnc3)n2)cc1. The number of pyridine rings is 1. The molecule has 2 heterocycles. The van der Waals surface area contributed by atoms with E-state index in [-0.39, 0.29) is 11.6 Å². The first-order valence-corrected chi connectivity index (χ1v) is 6.94. The van der Waals surface area contributed by atoms with Gasteiger partial charge in [0, 0.05) is 23.6 Å². The van der Waals surface area contributed by atoms with Crippen LogP contribution in [0.3, 0.4) is 0 Å². The average Bonchev–Trinajstić information content (AvgIpc) is 2.63. The van der Waals surface area contributed by atoms with Gasteiger partial charge in [0.2, 0.25) is 0 Å². The number of nitrogens with zero attached hydrogens (tertiary/aromatic N) is 3. The summed E-state index contributed by atoms with van der Waals surface area (Å²) in [6.07, 6.45) is 6.38. The molecule has 1 N–H and O–H groups in total. The summed E-state index contributed by atoms with van der Waals surface area (Å²) in [5.74, 6) is 0.398. The van der Waals surface area contributed by atoms with Crippen molar-refractivity contribution in [3.05, 3.63) is 66.9 Å². The third kappa shape index (κ3) is 3.49. The van der Waals surface area contributed by atoms with E-state index in [0.717, 1.165) is 11.3 Å². The minimum atomic E-state index is -0.326. The van der Waals surface area contributed by atoms with Crippen molar-refractivity contribution in [1.29, 1.82) is 0 Å². The Morgan fingerprint density at radius 2 is 1.87 bits per heavy atom. The number of anilines is 1. The summed E-state index contributed by atoms with van der Waals surface area (Å²) < 4.78 is 5.08. The first-order chi connectivity index (χ1) is 11.3. The molecule has 3 rings (SSSR count). The van der Waals surface area contributed by atoms with Crippen molar-refractivity contribution in [2.45, 2.75) is 0 Å². The van der Waals surface area contributed by atoms with Crippen LogP contribution >= 0.6 is 0 Å². The predicted molar refractivity (Wildman–Crippen MR) is 86.2 cm³/mol. The smallest absolute Gasteiger partial charge is 0.275 e. The molecular weight excluding hydrogens is 292 g/mol. The van der Waals surface area contributed by atoms with E-state index in [1.165, 1.54) is 6.20 Å². The van der Waals surface area contributed by atoms with E-state index in [0.29, 0.717) is 11.4 Å². The van der Waals surface area contributed by atoms with Gasteiger partial charge in [0.05, 0.1) is 25.2 Å². The molecule has 23 heavy (non-hydrogen) atoms. The third-order valence-electron chi connectivity index (χ3n) is 3.17. The van der Waals surface area contributed by atoms with Crippen molar-refractivity contribution >= 4 is 11.6 Å². The van der Waals surface area contributed by atoms with Gasteiger partial charge in [-0.3, -0.25) is 14.8 Å². The highest BCUT2D eigenvalue weighted by Gasteiger charge is 2.10. The van der Waals surface area contributed by atoms with E-state index in [4.69, 9.17) is 4.74 Å². The molecule has 1 amide bonds. The Hall–Kier alpha value is -3.28. The number of methoxy groups -OCH3 is 1. The molecule has 0 aliphatic heterocycles. The Morgan fingerprint density at radius 1 is 1.04 bits per heavy atom. The molecule has 0 saturated heterocycles. The fourth-order valence-corrected chi connectivity index (χ4v) is 2.00. The minimum absolute atomic E-state index is 0.238. The topological polar surface area (TPSA) is 77.0 Å². The van der Waals surface area contributed by atoms with Gasteiger partial charge in [-0.1, -0.05) is 0 Å². The summed E-state index contributed by atoms with van der Waals surface area (Å²) in [6, 6.07) is 10.7. The van der Waals surface area contributed by atoms with Crippen molar-refractivity contribution in [1.82, 2.24) is 15.0 Å². The Labute approximate surface area is 133 Å². The molecule has 3 aromatic rings. The fourth-order valence-electron chi connectivity index (χ4n) is 2.00. The zero-order valence-corrected chi connectivity index (χ0v) is 12.4. The van der Waals surface area contributed by atoms with E-state index < -0.39 is 0 Å². The molecule has 0 fully saturated rings. The predicted octanol–water partition coefficient (Wildman–Crippen LogP) is 2.80. The lowest BCUT2D eigenvalue weighted by Crippen LogP contribution is -2.14. The van der Waals surface area contributed by atoms with Gasteiger partial charge in [-0.25, -0.2) is 4.98 Å². The van der Waals surface area contributed by atoms with Crippen molar-refractivity contribution in [2.75, 3.05) is 12.4 Å². The molecule has 0 unspecified atom stereocenters. The molecule has 0 atom stereocenters. The van der Waals surface area contributed by atoms with Crippen LogP contribution < -0.4 is 10.1 Å². The molecule has 2 aromatic heterocycles. The van der Waals surface area contributed by atoms with Crippen LogP contribution in [0.4, 0.5) is 5.69 Å². The van der Waals surface area contributed by atoms with Crippen LogP contribution in [0.5, 0.6) is 5.75 Å². The quantitative estimate of drug-likeness (QED) is 0.802. The molecule has 0 bridgehead atoms. The molecule has 1 aromatic carbocycles. The van der Waals surface area contributed by atoms with Gasteiger partial charge in [0.25, 0.3) is 5.91 Å². The zero-order valence-electron chi connectivity index (χ0n) is 12.4. The summed E-state index contributed by atoms with van der Waals surface area (Å²) in [4.78, 5) is 24.7. The molecule has 0 saturated carbocycles. The average molecular weight is 306 g/mol. The number of hydrogen-bond acceptors (Lipinski definition) is 5. The monoisotopic (exact) mass is 306 g/mol. The van der Waals surface area contributed by atoms with E-state index in [9.17, 15) is 4.79 Å². The summed E-state index contributed by atoms with van der Waals surface area (Å²) in [5.41, 5.74) is 2.30. The first kappa shape index (κ1) is 14.6. The maximum Gasteiger partial charge on any atom is 0.275 e. The van der Waals surface area contributed by atoms with Crippen molar-refractivity contribution in [3.8, 4) is 17.0 Å². The highest BCUT2D eigenvalue weighted by atomic mass is 16.5. The van der Waals surface area contributed by atoms with Gasteiger partial charge < -0.3 is 10.1 Å². The molecule has 0 aliphatic rings. The number of benzene rings is 1. The van der Waals surface area contributed by atoms with Crippen LogP contribution in [0, 0.1) is 0 Å². The number of hydrogen-bond donors (Lipinski definition) is 1. The molecular formula is C17H14N4O2. The summed E-state index contributed by atoms with van der Waals surface area (Å²) in [7, 11) is 1.59. The Balaban J connectivity index is 1.79. The Morgan fingerprint density at radius 3 is 2.57 bits per heavy atom. The lowest BCUT2D eigenvalue weighted by molar-refractivity contribution is 0.102. The van der Waals surface area contributed by atoms with Gasteiger partial charge in [-0.2, -0.15) is 0 Å². The summed E-state index contributed by atoms with van der Waals surface area (Å²) >= 11 is 0. The number of nitrogens with one attached hydrogen (secondary N) is 1. The van der Waals surface area contributed by atoms with Crippen molar-refractivity contribution in [2.24, 2.45) is 0 Å². The van der Waals surface area contributed by atoms with E-state index in [2.05, 4.69) is 20.3 Å². The molecule has 0 spiro atoms. The highest BCUT2D eigenvalue weighted by molar-refractivity contribution is 6.02. The second-order valence-electron chi connectivity index (χ2n) is 4.71. The lowest BCUT2D eigenvalue weighted by atomic mass is 10.2. The number of rotatable bonds is 4. The van der Waals surface area contributed by atoms with Crippen LogP contribution in [-0.2, 0) is 0 Å².